The van der Waals surface area contributed by atoms with E-state index in [0.717, 1.165) is 77.8 Å². The molecule has 3 aromatic heterocycles. The Morgan fingerprint density at radius 2 is 0.661 bits per heavy atom. The summed E-state index contributed by atoms with van der Waals surface area (Å²) in [7, 11) is 0. The van der Waals surface area contributed by atoms with Gasteiger partial charge < -0.3 is 9.13 Å². The topological polar surface area (TPSA) is 48.5 Å². The van der Waals surface area contributed by atoms with E-state index < -0.39 is 0 Å². The maximum absolute atomic E-state index is 5.37. The van der Waals surface area contributed by atoms with E-state index in [1.807, 2.05) is 0 Å². The standard InChI is InChI=1S/C57H37N5/c1-4-18-38(19-5-1)43-24-10-11-25-44(43)45-26-12-13-29-49(45)57-59-55(39-33-35-53-50(36-39)47-28-15-17-31-52(47)61(53)41-20-6-2-7-21-41)58-56(60-57)40-32-34-48-46-27-14-16-30-51(46)62(54(48)37-40)42-22-8-3-9-23-42/h1-37H. The van der Waals surface area contributed by atoms with Gasteiger partial charge in [0.05, 0.1) is 22.1 Å². The van der Waals surface area contributed by atoms with Crippen molar-refractivity contribution in [1.82, 2.24) is 24.1 Å². The SMILES string of the molecule is c1ccc(-c2ccccc2-c2ccccc2-c2nc(-c3ccc4c(c3)c3ccccc3n4-c3ccccc3)nc(-c3ccc4c5ccccc5n(-c5ccccc5)c4c3)n2)cc1. The van der Waals surface area contributed by atoms with Crippen LogP contribution in [-0.2, 0) is 0 Å². The van der Waals surface area contributed by atoms with Gasteiger partial charge in [0.25, 0.3) is 0 Å². The first-order valence-electron chi connectivity index (χ1n) is 21.0. The lowest BCUT2D eigenvalue weighted by Gasteiger charge is -2.15. The second-order valence-corrected chi connectivity index (χ2v) is 15.6. The van der Waals surface area contributed by atoms with Crippen molar-refractivity contribution in [3.05, 3.63) is 224 Å². The fourth-order valence-corrected chi connectivity index (χ4v) is 9.19. The van der Waals surface area contributed by atoms with Crippen LogP contribution in [0.2, 0.25) is 0 Å². The van der Waals surface area contributed by atoms with E-state index in [4.69, 9.17) is 15.0 Å². The van der Waals surface area contributed by atoms with Gasteiger partial charge in [0.15, 0.2) is 17.5 Å². The number of nitrogens with zero attached hydrogens (tertiary/aromatic N) is 5. The van der Waals surface area contributed by atoms with Gasteiger partial charge in [0, 0.05) is 49.6 Å². The molecule has 0 fully saturated rings. The summed E-state index contributed by atoms with van der Waals surface area (Å²) in [6.45, 7) is 0. The monoisotopic (exact) mass is 791 g/mol. The molecule has 0 unspecified atom stereocenters. The predicted octanol–water partition coefficient (Wildman–Crippen LogP) is 14.4. The molecule has 0 radical (unpaired) electrons. The molecule has 0 aliphatic rings. The van der Waals surface area contributed by atoms with Crippen molar-refractivity contribution < 1.29 is 0 Å². The van der Waals surface area contributed by atoms with Gasteiger partial charge in [-0.05, 0) is 82.9 Å². The zero-order chi connectivity index (χ0) is 41.0. The second-order valence-electron chi connectivity index (χ2n) is 15.6. The smallest absolute Gasteiger partial charge is 0.164 e. The average molecular weight is 792 g/mol. The molecule has 5 heteroatoms. The van der Waals surface area contributed by atoms with Crippen molar-refractivity contribution in [2.75, 3.05) is 0 Å². The van der Waals surface area contributed by atoms with Crippen molar-refractivity contribution in [3.63, 3.8) is 0 Å². The number of benzene rings is 9. The lowest BCUT2D eigenvalue weighted by Crippen LogP contribution is -2.02. The highest BCUT2D eigenvalue weighted by molar-refractivity contribution is 6.11. The van der Waals surface area contributed by atoms with Gasteiger partial charge in [-0.1, -0.05) is 164 Å². The summed E-state index contributed by atoms with van der Waals surface area (Å²) in [5.41, 5.74) is 13.9. The Hall–Kier alpha value is -8.41. The second kappa shape index (κ2) is 14.7. The van der Waals surface area contributed by atoms with Crippen LogP contribution in [-0.4, -0.2) is 24.1 Å². The summed E-state index contributed by atoms with van der Waals surface area (Å²) in [5, 5.41) is 4.68. The highest BCUT2D eigenvalue weighted by Gasteiger charge is 2.21. The molecule has 12 rings (SSSR count). The van der Waals surface area contributed by atoms with Gasteiger partial charge in [0.1, 0.15) is 0 Å². The molecule has 0 saturated carbocycles. The summed E-state index contributed by atoms with van der Waals surface area (Å²) in [6.07, 6.45) is 0. The normalized spacial score (nSPS) is 11.5. The molecule has 0 bridgehead atoms. The highest BCUT2D eigenvalue weighted by atomic mass is 15.0. The number of rotatable bonds is 7. The van der Waals surface area contributed by atoms with Crippen molar-refractivity contribution in [2.24, 2.45) is 0 Å². The molecule has 0 aliphatic carbocycles. The van der Waals surface area contributed by atoms with E-state index >= 15 is 0 Å². The summed E-state index contributed by atoms with van der Waals surface area (Å²) >= 11 is 0. The Bertz CT molecular complexity index is 3620. The van der Waals surface area contributed by atoms with Gasteiger partial charge in [0.2, 0.25) is 0 Å². The summed E-state index contributed by atoms with van der Waals surface area (Å²) in [5.74, 6) is 1.83. The zero-order valence-electron chi connectivity index (χ0n) is 33.6. The molecule has 0 saturated heterocycles. The zero-order valence-corrected chi connectivity index (χ0v) is 33.6. The van der Waals surface area contributed by atoms with Gasteiger partial charge >= 0.3 is 0 Å². The van der Waals surface area contributed by atoms with E-state index in [-0.39, 0.29) is 0 Å². The third-order valence-corrected chi connectivity index (χ3v) is 12.0. The Morgan fingerprint density at radius 1 is 0.242 bits per heavy atom. The molecule has 0 amide bonds. The Morgan fingerprint density at radius 3 is 1.31 bits per heavy atom. The summed E-state index contributed by atoms with van der Waals surface area (Å²) < 4.78 is 4.67. The van der Waals surface area contributed by atoms with Gasteiger partial charge in [-0.2, -0.15) is 0 Å². The molecule has 0 atom stereocenters. The van der Waals surface area contributed by atoms with Crippen LogP contribution in [0.4, 0.5) is 0 Å². The van der Waals surface area contributed by atoms with E-state index in [1.165, 1.54) is 16.2 Å². The molecule has 0 spiro atoms. The molecular weight excluding hydrogens is 755 g/mol. The number of aromatic nitrogens is 5. The first-order valence-corrected chi connectivity index (χ1v) is 21.0. The molecule has 5 nitrogen and oxygen atoms in total. The van der Waals surface area contributed by atoms with E-state index in [2.05, 4.69) is 234 Å². The van der Waals surface area contributed by atoms with Gasteiger partial charge in [-0.25, -0.2) is 15.0 Å². The van der Waals surface area contributed by atoms with E-state index in [0.29, 0.717) is 17.5 Å². The maximum atomic E-state index is 5.37. The fraction of sp³-hybridized carbons (Fsp3) is 0. The number of para-hydroxylation sites is 4. The molecule has 290 valence electrons. The minimum absolute atomic E-state index is 0.606. The molecule has 0 N–H and O–H groups in total. The minimum atomic E-state index is 0.606. The Balaban J connectivity index is 1.10. The molecular formula is C57H37N5. The van der Waals surface area contributed by atoms with Crippen LogP contribution < -0.4 is 0 Å². The van der Waals surface area contributed by atoms with Crippen molar-refractivity contribution in [3.8, 4) is 67.8 Å². The lowest BCUT2D eigenvalue weighted by molar-refractivity contribution is 1.07. The van der Waals surface area contributed by atoms with Crippen LogP contribution in [0.3, 0.4) is 0 Å². The van der Waals surface area contributed by atoms with Crippen LogP contribution >= 0.6 is 0 Å². The van der Waals surface area contributed by atoms with Crippen LogP contribution in [0, 0.1) is 0 Å². The van der Waals surface area contributed by atoms with E-state index in [9.17, 15) is 0 Å². The van der Waals surface area contributed by atoms with Crippen molar-refractivity contribution in [2.45, 2.75) is 0 Å². The molecule has 62 heavy (non-hydrogen) atoms. The predicted molar refractivity (Wildman–Crippen MR) is 256 cm³/mol. The maximum Gasteiger partial charge on any atom is 0.164 e. The summed E-state index contributed by atoms with van der Waals surface area (Å²) in [4.78, 5) is 16.1. The number of hydrogen-bond acceptors (Lipinski definition) is 3. The summed E-state index contributed by atoms with van der Waals surface area (Å²) in [6, 6.07) is 79.1. The lowest BCUT2D eigenvalue weighted by atomic mass is 9.91. The van der Waals surface area contributed by atoms with Gasteiger partial charge in [-0.3, -0.25) is 0 Å². The number of hydrogen-bond donors (Lipinski definition) is 0. The number of fused-ring (bicyclic) bond motifs is 6. The Labute approximate surface area is 358 Å². The van der Waals surface area contributed by atoms with Crippen LogP contribution in [0.15, 0.2) is 224 Å². The van der Waals surface area contributed by atoms with Crippen LogP contribution in [0.1, 0.15) is 0 Å². The fourth-order valence-electron chi connectivity index (χ4n) is 9.19. The highest BCUT2D eigenvalue weighted by Crippen LogP contribution is 2.40. The van der Waals surface area contributed by atoms with E-state index in [1.54, 1.807) is 0 Å². The van der Waals surface area contributed by atoms with Crippen LogP contribution in [0.5, 0.6) is 0 Å². The molecule has 0 aliphatic heterocycles. The third kappa shape index (κ3) is 5.90. The minimum Gasteiger partial charge on any atom is -0.309 e. The van der Waals surface area contributed by atoms with Crippen molar-refractivity contribution >= 4 is 43.6 Å². The Kier molecular flexibility index (Phi) is 8.42. The van der Waals surface area contributed by atoms with Crippen LogP contribution in [0.25, 0.3) is 111 Å². The molecule has 3 heterocycles. The third-order valence-electron chi connectivity index (χ3n) is 12.0. The quantitative estimate of drug-likeness (QED) is 0.162. The molecule has 9 aromatic carbocycles. The largest absolute Gasteiger partial charge is 0.309 e. The van der Waals surface area contributed by atoms with Gasteiger partial charge in [-0.15, -0.1) is 0 Å². The average Bonchev–Trinajstić information content (AvgIpc) is 3.87. The van der Waals surface area contributed by atoms with Crippen molar-refractivity contribution in [1.29, 1.82) is 0 Å². The first-order chi connectivity index (χ1) is 30.8. The first kappa shape index (κ1) is 35.5. The molecule has 12 aromatic rings.